The molecular weight excluding hydrogens is 210 g/mol. The molecule has 3 nitrogen and oxygen atoms in total. The van der Waals surface area contributed by atoms with Gasteiger partial charge < -0.3 is 9.88 Å². The van der Waals surface area contributed by atoms with Crippen molar-refractivity contribution in [2.24, 2.45) is 7.05 Å². The molecule has 92 valence electrons. The van der Waals surface area contributed by atoms with Crippen molar-refractivity contribution in [2.45, 2.75) is 40.3 Å². The summed E-state index contributed by atoms with van der Waals surface area (Å²) in [7, 11) is 2.10. The van der Waals surface area contributed by atoms with Gasteiger partial charge >= 0.3 is 0 Å². The molecule has 3 heteroatoms. The topological polar surface area (TPSA) is 29.9 Å². The Hall–Kier alpha value is -1.35. The molecule has 2 aromatic rings. The molecule has 0 aliphatic carbocycles. The first-order chi connectivity index (χ1) is 8.00. The van der Waals surface area contributed by atoms with Crippen LogP contribution in [0, 0.1) is 13.8 Å². The minimum atomic E-state index is 0.484. The molecule has 0 atom stereocenters. The number of nitrogens with one attached hydrogen (secondary N) is 1. The molecule has 0 amide bonds. The minimum absolute atomic E-state index is 0.484. The Balaban J connectivity index is 2.46. The van der Waals surface area contributed by atoms with E-state index in [4.69, 9.17) is 0 Å². The number of rotatable bonds is 3. The SMILES string of the molecule is Cc1ccc2nc(CNC(C)C)n(C)c2c1C. The fourth-order valence-corrected chi connectivity index (χ4v) is 2.10. The lowest BCUT2D eigenvalue weighted by Crippen LogP contribution is -2.23. The van der Waals surface area contributed by atoms with Crippen molar-refractivity contribution in [3.8, 4) is 0 Å². The highest BCUT2D eigenvalue weighted by molar-refractivity contribution is 5.80. The van der Waals surface area contributed by atoms with Crippen molar-refractivity contribution >= 4 is 11.0 Å². The van der Waals surface area contributed by atoms with Crippen LogP contribution in [0.1, 0.15) is 30.8 Å². The van der Waals surface area contributed by atoms with Crippen LogP contribution in [0.15, 0.2) is 12.1 Å². The molecule has 0 saturated carbocycles. The lowest BCUT2D eigenvalue weighted by Gasteiger charge is -2.08. The van der Waals surface area contributed by atoms with Crippen LogP contribution in [0.4, 0.5) is 0 Å². The Morgan fingerprint density at radius 1 is 1.29 bits per heavy atom. The molecule has 1 heterocycles. The summed E-state index contributed by atoms with van der Waals surface area (Å²) in [6.45, 7) is 9.43. The van der Waals surface area contributed by atoms with E-state index in [1.54, 1.807) is 0 Å². The number of aromatic nitrogens is 2. The number of aryl methyl sites for hydroxylation is 3. The van der Waals surface area contributed by atoms with Crippen LogP contribution in [-0.4, -0.2) is 15.6 Å². The van der Waals surface area contributed by atoms with E-state index in [9.17, 15) is 0 Å². The van der Waals surface area contributed by atoms with Crippen molar-refractivity contribution in [2.75, 3.05) is 0 Å². The maximum atomic E-state index is 4.69. The molecule has 0 unspecified atom stereocenters. The van der Waals surface area contributed by atoms with Gasteiger partial charge in [0.1, 0.15) is 5.82 Å². The van der Waals surface area contributed by atoms with Gasteiger partial charge in [0.15, 0.2) is 0 Å². The second-order valence-corrected chi connectivity index (χ2v) is 5.00. The first-order valence-corrected chi connectivity index (χ1v) is 6.15. The highest BCUT2D eigenvalue weighted by atomic mass is 15.1. The fourth-order valence-electron chi connectivity index (χ4n) is 2.10. The summed E-state index contributed by atoms with van der Waals surface area (Å²) in [6, 6.07) is 4.73. The van der Waals surface area contributed by atoms with Crippen molar-refractivity contribution in [1.29, 1.82) is 0 Å². The Bertz CT molecular complexity index is 538. The van der Waals surface area contributed by atoms with Gasteiger partial charge in [-0.1, -0.05) is 19.9 Å². The predicted molar refractivity (Wildman–Crippen MR) is 72.2 cm³/mol. The predicted octanol–water partition coefficient (Wildman–Crippen LogP) is 2.69. The molecule has 17 heavy (non-hydrogen) atoms. The molecule has 0 radical (unpaired) electrons. The van der Waals surface area contributed by atoms with Gasteiger partial charge in [-0.05, 0) is 31.0 Å². The number of nitrogens with zero attached hydrogens (tertiary/aromatic N) is 2. The van der Waals surface area contributed by atoms with Crippen LogP contribution in [0.5, 0.6) is 0 Å². The zero-order valence-electron chi connectivity index (χ0n) is 11.3. The Kier molecular flexibility index (Phi) is 3.20. The number of hydrogen-bond acceptors (Lipinski definition) is 2. The molecule has 0 aliphatic rings. The third kappa shape index (κ3) is 2.20. The van der Waals surface area contributed by atoms with Crippen LogP contribution in [0.2, 0.25) is 0 Å². The van der Waals surface area contributed by atoms with E-state index in [0.717, 1.165) is 17.9 Å². The molecule has 2 rings (SSSR count). The lowest BCUT2D eigenvalue weighted by atomic mass is 10.1. The van der Waals surface area contributed by atoms with Gasteiger partial charge in [-0.3, -0.25) is 0 Å². The van der Waals surface area contributed by atoms with E-state index in [1.807, 2.05) is 0 Å². The smallest absolute Gasteiger partial charge is 0.123 e. The Morgan fingerprint density at radius 3 is 2.65 bits per heavy atom. The van der Waals surface area contributed by atoms with Crippen LogP contribution < -0.4 is 5.32 Å². The first kappa shape index (κ1) is 12.1. The lowest BCUT2D eigenvalue weighted by molar-refractivity contribution is 0.563. The molecular formula is C14H21N3. The molecule has 1 aromatic carbocycles. The summed E-state index contributed by atoms with van der Waals surface area (Å²) in [4.78, 5) is 4.69. The van der Waals surface area contributed by atoms with Gasteiger partial charge in [-0.2, -0.15) is 0 Å². The first-order valence-electron chi connectivity index (χ1n) is 6.15. The number of benzene rings is 1. The molecule has 1 aromatic heterocycles. The number of imidazole rings is 1. The third-order valence-corrected chi connectivity index (χ3v) is 3.32. The van der Waals surface area contributed by atoms with E-state index < -0.39 is 0 Å². The Labute approximate surface area is 103 Å². The molecule has 0 saturated heterocycles. The zero-order chi connectivity index (χ0) is 12.6. The standard InChI is InChI=1S/C14H21N3/c1-9(2)15-8-13-16-12-7-6-10(3)11(4)14(12)17(13)5/h6-7,9,15H,8H2,1-5H3. The average Bonchev–Trinajstić information content (AvgIpc) is 2.59. The Morgan fingerprint density at radius 2 is 2.00 bits per heavy atom. The van der Waals surface area contributed by atoms with Crippen molar-refractivity contribution in [3.05, 3.63) is 29.1 Å². The van der Waals surface area contributed by atoms with E-state index in [2.05, 4.69) is 61.7 Å². The number of fused-ring (bicyclic) bond motifs is 1. The van der Waals surface area contributed by atoms with Crippen LogP contribution >= 0.6 is 0 Å². The summed E-state index contributed by atoms with van der Waals surface area (Å²) in [6.07, 6.45) is 0. The van der Waals surface area contributed by atoms with Crippen LogP contribution in [0.3, 0.4) is 0 Å². The third-order valence-electron chi connectivity index (χ3n) is 3.32. The van der Waals surface area contributed by atoms with Crippen molar-refractivity contribution in [3.63, 3.8) is 0 Å². The van der Waals surface area contributed by atoms with Crippen molar-refractivity contribution in [1.82, 2.24) is 14.9 Å². The molecule has 1 N–H and O–H groups in total. The maximum Gasteiger partial charge on any atom is 0.123 e. The maximum absolute atomic E-state index is 4.69. The summed E-state index contributed by atoms with van der Waals surface area (Å²) in [5.41, 5.74) is 5.00. The molecule has 0 aliphatic heterocycles. The van der Waals surface area contributed by atoms with E-state index in [1.165, 1.54) is 16.6 Å². The average molecular weight is 231 g/mol. The van der Waals surface area contributed by atoms with Gasteiger partial charge in [0.2, 0.25) is 0 Å². The van der Waals surface area contributed by atoms with Crippen molar-refractivity contribution < 1.29 is 0 Å². The quantitative estimate of drug-likeness (QED) is 0.880. The largest absolute Gasteiger partial charge is 0.330 e. The number of hydrogen-bond donors (Lipinski definition) is 1. The van der Waals surface area contributed by atoms with E-state index >= 15 is 0 Å². The second kappa shape index (κ2) is 4.49. The summed E-state index contributed by atoms with van der Waals surface area (Å²) >= 11 is 0. The van der Waals surface area contributed by atoms with E-state index in [0.29, 0.717) is 6.04 Å². The molecule has 0 bridgehead atoms. The van der Waals surface area contributed by atoms with Gasteiger partial charge in [0, 0.05) is 13.1 Å². The van der Waals surface area contributed by atoms with Gasteiger partial charge in [0.25, 0.3) is 0 Å². The summed E-state index contributed by atoms with van der Waals surface area (Å²) < 4.78 is 2.20. The highest BCUT2D eigenvalue weighted by Gasteiger charge is 2.10. The summed E-state index contributed by atoms with van der Waals surface area (Å²) in [5, 5.41) is 3.41. The van der Waals surface area contributed by atoms with Crippen LogP contribution in [0.25, 0.3) is 11.0 Å². The normalized spacial score (nSPS) is 11.6. The monoisotopic (exact) mass is 231 g/mol. The fraction of sp³-hybridized carbons (Fsp3) is 0.500. The van der Waals surface area contributed by atoms with Gasteiger partial charge in [-0.25, -0.2) is 4.98 Å². The van der Waals surface area contributed by atoms with Gasteiger partial charge in [-0.15, -0.1) is 0 Å². The molecule has 0 spiro atoms. The highest BCUT2D eigenvalue weighted by Crippen LogP contribution is 2.21. The second-order valence-electron chi connectivity index (χ2n) is 5.00. The van der Waals surface area contributed by atoms with Gasteiger partial charge in [0.05, 0.1) is 17.6 Å². The zero-order valence-corrected chi connectivity index (χ0v) is 11.3. The molecule has 0 fully saturated rings. The van der Waals surface area contributed by atoms with Crippen LogP contribution in [-0.2, 0) is 13.6 Å². The van der Waals surface area contributed by atoms with E-state index in [-0.39, 0.29) is 0 Å². The minimum Gasteiger partial charge on any atom is -0.330 e. The summed E-state index contributed by atoms with van der Waals surface area (Å²) in [5.74, 6) is 1.10.